The van der Waals surface area contributed by atoms with Gasteiger partial charge in [-0.3, -0.25) is 9.79 Å². The SMILES string of the molecule is C=CC(=O)NCCN=C1N=C(OCCN(C)C)NC2=CC(c3nc(N)ccc3C(F)(F)F)=C(Cl)CC21. The zero-order valence-corrected chi connectivity index (χ0v) is 20.6. The third-order valence-corrected chi connectivity index (χ3v) is 5.61. The van der Waals surface area contributed by atoms with Gasteiger partial charge in [0, 0.05) is 29.4 Å². The van der Waals surface area contributed by atoms with Gasteiger partial charge in [0.1, 0.15) is 18.3 Å². The van der Waals surface area contributed by atoms with E-state index < -0.39 is 17.7 Å². The number of likely N-dealkylation sites (N-methyl/N-ethyl adjacent to an activating group) is 1. The van der Waals surface area contributed by atoms with Crippen LogP contribution in [-0.2, 0) is 15.7 Å². The molecule has 1 aliphatic carbocycles. The number of nitrogen functional groups attached to an aromatic ring is 1. The van der Waals surface area contributed by atoms with Gasteiger partial charge < -0.3 is 26.0 Å². The summed E-state index contributed by atoms with van der Waals surface area (Å²) >= 11 is 6.50. The lowest BCUT2D eigenvalue weighted by atomic mass is 9.88. The van der Waals surface area contributed by atoms with Crippen LogP contribution in [0.15, 0.2) is 51.6 Å². The minimum atomic E-state index is -4.65. The molecule has 0 saturated heterocycles. The number of anilines is 1. The lowest BCUT2D eigenvalue weighted by Gasteiger charge is -2.31. The van der Waals surface area contributed by atoms with Gasteiger partial charge in [-0.05, 0) is 44.8 Å². The standard InChI is InChI=1S/C23H27ClF3N7O2/c1-4-19(35)29-7-8-30-21-14-11-16(24)13(20-15(23(25,26)27)5-6-18(28)32-20)12-17(14)31-22(33-21)36-10-9-34(2)3/h4-6,12,14H,1,7-11H2,2-3H3,(H2,28,32)(H,29,35)(H,30,31,33). The van der Waals surface area contributed by atoms with Gasteiger partial charge in [-0.2, -0.15) is 18.2 Å². The Balaban J connectivity index is 1.95. The molecule has 3 rings (SSSR count). The number of ether oxygens (including phenoxy) is 1. The predicted octanol–water partition coefficient (Wildman–Crippen LogP) is 2.77. The first kappa shape index (κ1) is 27.2. The van der Waals surface area contributed by atoms with Gasteiger partial charge in [0.25, 0.3) is 6.02 Å². The molecule has 1 aromatic heterocycles. The summed E-state index contributed by atoms with van der Waals surface area (Å²) in [5.74, 6) is -0.472. The first-order chi connectivity index (χ1) is 17.0. The van der Waals surface area contributed by atoms with Gasteiger partial charge in [-0.15, -0.1) is 0 Å². The molecule has 4 N–H and O–H groups in total. The summed E-state index contributed by atoms with van der Waals surface area (Å²) in [6.07, 6.45) is -1.87. The summed E-state index contributed by atoms with van der Waals surface area (Å²) < 4.78 is 46.8. The zero-order valence-electron chi connectivity index (χ0n) is 19.8. The summed E-state index contributed by atoms with van der Waals surface area (Å²) in [5.41, 5.74) is 5.00. The number of nitrogens with one attached hydrogen (secondary N) is 2. The summed E-state index contributed by atoms with van der Waals surface area (Å²) in [6, 6.07) is 2.13. The maximum atomic E-state index is 13.7. The number of fused-ring (bicyclic) bond motifs is 1. The van der Waals surface area contributed by atoms with E-state index in [-0.39, 0.29) is 53.6 Å². The van der Waals surface area contributed by atoms with Crippen molar-refractivity contribution in [3.05, 3.63) is 52.9 Å². The fourth-order valence-corrected chi connectivity index (χ4v) is 3.78. The molecule has 1 aromatic rings. The van der Waals surface area contributed by atoms with Gasteiger partial charge in [-0.1, -0.05) is 18.2 Å². The quantitative estimate of drug-likeness (QED) is 0.355. The summed E-state index contributed by atoms with van der Waals surface area (Å²) in [6.45, 7) is 4.79. The second-order valence-electron chi connectivity index (χ2n) is 8.23. The molecule has 13 heteroatoms. The molecule has 194 valence electrons. The second-order valence-corrected chi connectivity index (χ2v) is 8.69. The molecule has 9 nitrogen and oxygen atoms in total. The van der Waals surface area contributed by atoms with Crippen LogP contribution in [0, 0.1) is 5.92 Å². The Morgan fingerprint density at radius 3 is 2.86 bits per heavy atom. The highest BCUT2D eigenvalue weighted by Crippen LogP contribution is 2.41. The minimum Gasteiger partial charge on any atom is -0.463 e. The second kappa shape index (κ2) is 11.6. The molecule has 0 radical (unpaired) electrons. The normalized spacial score (nSPS) is 18.9. The molecule has 1 aliphatic heterocycles. The van der Waals surface area contributed by atoms with Gasteiger partial charge >= 0.3 is 6.18 Å². The van der Waals surface area contributed by atoms with E-state index in [0.29, 0.717) is 24.7 Å². The monoisotopic (exact) mass is 525 g/mol. The van der Waals surface area contributed by atoms with Crippen molar-refractivity contribution < 1.29 is 22.7 Å². The van der Waals surface area contributed by atoms with Crippen LogP contribution in [-0.4, -0.2) is 68.0 Å². The Hall–Kier alpha value is -3.38. The lowest BCUT2D eigenvalue weighted by Crippen LogP contribution is -2.40. The number of nitrogens with two attached hydrogens (primary N) is 1. The number of allylic oxidation sites excluding steroid dienone is 3. The Morgan fingerprint density at radius 2 is 2.19 bits per heavy atom. The van der Waals surface area contributed by atoms with Crippen molar-refractivity contribution in [2.24, 2.45) is 15.9 Å². The number of hydrogen-bond acceptors (Lipinski definition) is 7. The van der Waals surface area contributed by atoms with Gasteiger partial charge in [-0.25, -0.2) is 4.98 Å². The Bertz CT molecular complexity index is 1140. The smallest absolute Gasteiger partial charge is 0.418 e. The number of carbonyl (C=O) groups is 1. The number of halogens is 4. The highest BCUT2D eigenvalue weighted by Gasteiger charge is 2.38. The number of nitrogens with zero attached hydrogens (tertiary/aromatic N) is 4. The molecular formula is C23H27ClF3N7O2. The maximum Gasteiger partial charge on any atom is 0.418 e. The molecule has 2 aliphatic rings. The van der Waals surface area contributed by atoms with Crippen LogP contribution in [0.25, 0.3) is 5.57 Å². The maximum absolute atomic E-state index is 13.7. The van der Waals surface area contributed by atoms with Gasteiger partial charge in [0.2, 0.25) is 5.91 Å². The molecular weight excluding hydrogens is 499 g/mol. The number of alkyl halides is 3. The highest BCUT2D eigenvalue weighted by atomic mass is 35.5. The van der Waals surface area contributed by atoms with Crippen molar-refractivity contribution in [1.29, 1.82) is 0 Å². The zero-order chi connectivity index (χ0) is 26.5. The molecule has 2 heterocycles. The molecule has 36 heavy (non-hydrogen) atoms. The number of hydrogen-bond donors (Lipinski definition) is 3. The molecule has 0 aromatic carbocycles. The van der Waals surface area contributed by atoms with Crippen LogP contribution in [0.5, 0.6) is 0 Å². The van der Waals surface area contributed by atoms with Crippen LogP contribution < -0.4 is 16.4 Å². The molecule has 0 bridgehead atoms. The highest BCUT2D eigenvalue weighted by molar-refractivity contribution is 6.33. The number of aromatic nitrogens is 1. The van der Waals surface area contributed by atoms with Crippen molar-refractivity contribution in [2.45, 2.75) is 12.6 Å². The number of amides is 1. The molecule has 0 saturated carbocycles. The van der Waals surface area contributed by atoms with E-state index in [4.69, 9.17) is 22.1 Å². The first-order valence-corrected chi connectivity index (χ1v) is 11.4. The summed E-state index contributed by atoms with van der Waals surface area (Å²) in [4.78, 5) is 26.2. The van der Waals surface area contributed by atoms with Crippen molar-refractivity contribution in [2.75, 3.05) is 46.1 Å². The van der Waals surface area contributed by atoms with E-state index in [1.165, 1.54) is 6.08 Å². The van der Waals surface area contributed by atoms with Crippen LogP contribution >= 0.6 is 11.6 Å². The molecule has 0 spiro atoms. The minimum absolute atomic E-state index is 0.0646. The fraction of sp³-hybridized carbons (Fsp3) is 0.391. The first-order valence-electron chi connectivity index (χ1n) is 11.0. The van der Waals surface area contributed by atoms with Crippen LogP contribution in [0.1, 0.15) is 17.7 Å². The lowest BCUT2D eigenvalue weighted by molar-refractivity contribution is -0.138. The molecule has 0 fully saturated rings. The number of pyridine rings is 1. The van der Waals surface area contributed by atoms with Crippen molar-refractivity contribution in [1.82, 2.24) is 20.5 Å². The Kier molecular flexibility index (Phi) is 8.75. The van der Waals surface area contributed by atoms with E-state index in [1.54, 1.807) is 0 Å². The van der Waals surface area contributed by atoms with E-state index >= 15 is 0 Å². The van der Waals surface area contributed by atoms with Gasteiger partial charge in [0.15, 0.2) is 0 Å². The largest absolute Gasteiger partial charge is 0.463 e. The van der Waals surface area contributed by atoms with Crippen molar-refractivity contribution in [3.63, 3.8) is 0 Å². The number of rotatable bonds is 8. The van der Waals surface area contributed by atoms with Crippen LogP contribution in [0.3, 0.4) is 0 Å². The Morgan fingerprint density at radius 1 is 1.44 bits per heavy atom. The molecule has 1 atom stereocenters. The van der Waals surface area contributed by atoms with Crippen molar-refractivity contribution in [3.8, 4) is 0 Å². The van der Waals surface area contributed by atoms with Crippen LogP contribution in [0.2, 0.25) is 0 Å². The van der Waals surface area contributed by atoms with E-state index in [1.807, 2.05) is 19.0 Å². The predicted molar refractivity (Wildman–Crippen MR) is 133 cm³/mol. The topological polar surface area (TPSA) is 117 Å². The summed E-state index contributed by atoms with van der Waals surface area (Å²) in [7, 11) is 3.78. The average Bonchev–Trinajstić information content (AvgIpc) is 2.80. The number of carbonyl (C=O) groups excluding carboxylic acids is 1. The molecule has 1 amide bonds. The average molecular weight is 526 g/mol. The van der Waals surface area contributed by atoms with E-state index in [9.17, 15) is 18.0 Å². The van der Waals surface area contributed by atoms with Gasteiger partial charge in [0.05, 0.1) is 23.7 Å². The van der Waals surface area contributed by atoms with E-state index in [2.05, 4.69) is 32.2 Å². The number of aliphatic imine (C=N–C) groups is 2. The third kappa shape index (κ3) is 6.85. The summed E-state index contributed by atoms with van der Waals surface area (Å²) in [5, 5.41) is 5.83. The van der Waals surface area contributed by atoms with Crippen molar-refractivity contribution >= 4 is 40.8 Å². The van der Waals surface area contributed by atoms with E-state index in [0.717, 1.165) is 18.2 Å². The molecule has 1 unspecified atom stereocenters. The number of amidine groups is 2. The fourth-order valence-electron chi connectivity index (χ4n) is 3.49. The Labute approximate surface area is 211 Å². The van der Waals surface area contributed by atoms with Crippen LogP contribution in [0.4, 0.5) is 19.0 Å². The third-order valence-electron chi connectivity index (χ3n) is 5.25.